The number of rotatable bonds is 9. The molecule has 0 atom stereocenters. The molecule has 0 heterocycles. The van der Waals surface area contributed by atoms with Crippen LogP contribution < -0.4 is 4.72 Å². The highest BCUT2D eigenvalue weighted by Gasteiger charge is 2.16. The van der Waals surface area contributed by atoms with E-state index in [2.05, 4.69) is 4.72 Å². The average molecular weight is 259 g/mol. The Balaban J connectivity index is 3.83. The van der Waals surface area contributed by atoms with Gasteiger partial charge >= 0.3 is 0 Å². The summed E-state index contributed by atoms with van der Waals surface area (Å²) in [5, 5.41) is 0. The van der Waals surface area contributed by atoms with Crippen LogP contribution in [0.3, 0.4) is 0 Å². The van der Waals surface area contributed by atoms with E-state index in [0.717, 1.165) is 0 Å². The lowest BCUT2D eigenvalue weighted by atomic mass is 10.7. The molecule has 92 valence electrons. The Bertz CT molecular complexity index is 242. The Morgan fingerprint density at radius 3 is 2.33 bits per heavy atom. The predicted octanol–water partition coefficient (Wildman–Crippen LogP) is 0.418. The van der Waals surface area contributed by atoms with Gasteiger partial charge in [0, 0.05) is 25.5 Å². The molecule has 0 fully saturated rings. The standard InChI is InChI=1S/C8H19ClN2O3S/c1-3-11(4-2)15(12,13)10-6-8-14-7-5-9/h10H,3-8H2,1-2H3. The third kappa shape index (κ3) is 6.32. The van der Waals surface area contributed by atoms with Gasteiger partial charge in [0.05, 0.1) is 13.2 Å². The Labute approximate surface area is 96.9 Å². The fourth-order valence-corrected chi connectivity index (χ4v) is 2.37. The first-order valence-electron chi connectivity index (χ1n) is 4.96. The molecule has 5 nitrogen and oxygen atoms in total. The maximum Gasteiger partial charge on any atom is 0.279 e. The van der Waals surface area contributed by atoms with Crippen molar-refractivity contribution < 1.29 is 13.2 Å². The molecule has 7 heteroatoms. The molecule has 15 heavy (non-hydrogen) atoms. The van der Waals surface area contributed by atoms with Crippen LogP contribution in [0.4, 0.5) is 0 Å². The second-order valence-electron chi connectivity index (χ2n) is 2.79. The van der Waals surface area contributed by atoms with Gasteiger partial charge in [0.15, 0.2) is 0 Å². The molecule has 0 saturated carbocycles. The maximum absolute atomic E-state index is 11.6. The van der Waals surface area contributed by atoms with Crippen LogP contribution in [0, 0.1) is 0 Å². The lowest BCUT2D eigenvalue weighted by molar-refractivity contribution is 0.154. The molecule has 0 aliphatic rings. The van der Waals surface area contributed by atoms with Crippen molar-refractivity contribution in [1.82, 2.24) is 9.03 Å². The highest BCUT2D eigenvalue weighted by atomic mass is 35.5. The van der Waals surface area contributed by atoms with Crippen LogP contribution in [0.15, 0.2) is 0 Å². The minimum atomic E-state index is -3.34. The van der Waals surface area contributed by atoms with Gasteiger partial charge in [-0.15, -0.1) is 11.6 Å². The van der Waals surface area contributed by atoms with E-state index in [0.29, 0.717) is 32.2 Å². The number of alkyl halides is 1. The summed E-state index contributed by atoms with van der Waals surface area (Å²) >= 11 is 5.39. The SMILES string of the molecule is CCN(CC)S(=O)(=O)NCCOCCCl. The van der Waals surface area contributed by atoms with Crippen LogP contribution in [0.1, 0.15) is 13.8 Å². The van der Waals surface area contributed by atoms with Crippen molar-refractivity contribution in [1.29, 1.82) is 0 Å². The second-order valence-corrected chi connectivity index (χ2v) is 4.92. The second kappa shape index (κ2) is 8.29. The number of halogens is 1. The van der Waals surface area contributed by atoms with Crippen molar-refractivity contribution in [2.75, 3.05) is 38.7 Å². The van der Waals surface area contributed by atoms with Crippen molar-refractivity contribution in [3.63, 3.8) is 0 Å². The van der Waals surface area contributed by atoms with Crippen LogP contribution in [-0.2, 0) is 14.9 Å². The molecule has 1 N–H and O–H groups in total. The Hall–Kier alpha value is 0.120. The summed E-state index contributed by atoms with van der Waals surface area (Å²) in [4.78, 5) is 0. The fraction of sp³-hybridized carbons (Fsp3) is 1.00. The molecule has 0 saturated heterocycles. The topological polar surface area (TPSA) is 58.6 Å². The van der Waals surface area contributed by atoms with Crippen LogP contribution in [0.5, 0.6) is 0 Å². The van der Waals surface area contributed by atoms with E-state index in [9.17, 15) is 8.42 Å². The van der Waals surface area contributed by atoms with Gasteiger partial charge in [0.25, 0.3) is 10.2 Å². The molecular formula is C8H19ClN2O3S. The zero-order valence-electron chi connectivity index (χ0n) is 9.20. The van der Waals surface area contributed by atoms with Crippen molar-refractivity contribution in [2.24, 2.45) is 0 Å². The maximum atomic E-state index is 11.6. The summed E-state index contributed by atoms with van der Waals surface area (Å²) in [5.74, 6) is 0.419. The molecule has 0 radical (unpaired) electrons. The summed E-state index contributed by atoms with van der Waals surface area (Å²) in [5.41, 5.74) is 0. The van der Waals surface area contributed by atoms with Gasteiger partial charge in [-0.25, -0.2) is 0 Å². The van der Waals surface area contributed by atoms with Gasteiger partial charge in [0.2, 0.25) is 0 Å². The Morgan fingerprint density at radius 1 is 1.27 bits per heavy atom. The van der Waals surface area contributed by atoms with E-state index in [1.165, 1.54) is 4.31 Å². The van der Waals surface area contributed by atoms with Crippen LogP contribution in [0.25, 0.3) is 0 Å². The zero-order valence-corrected chi connectivity index (χ0v) is 10.8. The van der Waals surface area contributed by atoms with Gasteiger partial charge in [-0.05, 0) is 0 Å². The molecule has 0 aromatic heterocycles. The number of hydrogen-bond acceptors (Lipinski definition) is 3. The number of hydrogen-bond donors (Lipinski definition) is 1. The van der Waals surface area contributed by atoms with E-state index in [4.69, 9.17) is 16.3 Å². The number of nitrogens with zero attached hydrogens (tertiary/aromatic N) is 1. The molecule has 0 aliphatic heterocycles. The van der Waals surface area contributed by atoms with E-state index < -0.39 is 10.2 Å². The molecule has 0 aliphatic carbocycles. The van der Waals surface area contributed by atoms with Gasteiger partial charge in [-0.1, -0.05) is 13.8 Å². The number of nitrogens with one attached hydrogen (secondary N) is 1. The van der Waals surface area contributed by atoms with Gasteiger partial charge < -0.3 is 4.74 Å². The first-order valence-corrected chi connectivity index (χ1v) is 6.94. The van der Waals surface area contributed by atoms with Crippen LogP contribution >= 0.6 is 11.6 Å². The molecule has 0 amide bonds. The van der Waals surface area contributed by atoms with Crippen molar-refractivity contribution >= 4 is 21.8 Å². The molecule has 0 unspecified atom stereocenters. The molecule has 0 aromatic rings. The monoisotopic (exact) mass is 258 g/mol. The third-order valence-electron chi connectivity index (χ3n) is 1.80. The molecule has 0 bridgehead atoms. The molecule has 0 spiro atoms. The van der Waals surface area contributed by atoms with E-state index >= 15 is 0 Å². The lowest BCUT2D eigenvalue weighted by Gasteiger charge is -2.18. The summed E-state index contributed by atoms with van der Waals surface area (Å²) in [6.07, 6.45) is 0. The predicted molar refractivity (Wildman–Crippen MR) is 61.4 cm³/mol. The highest BCUT2D eigenvalue weighted by molar-refractivity contribution is 7.87. The van der Waals surface area contributed by atoms with E-state index in [1.807, 2.05) is 0 Å². The van der Waals surface area contributed by atoms with Crippen molar-refractivity contribution in [3.8, 4) is 0 Å². The summed E-state index contributed by atoms with van der Waals surface area (Å²) < 4.78 is 32.0. The van der Waals surface area contributed by atoms with E-state index in [-0.39, 0.29) is 6.54 Å². The first kappa shape index (κ1) is 15.1. The minimum Gasteiger partial charge on any atom is -0.379 e. The van der Waals surface area contributed by atoms with Gasteiger partial charge in [-0.2, -0.15) is 17.4 Å². The van der Waals surface area contributed by atoms with Crippen molar-refractivity contribution in [2.45, 2.75) is 13.8 Å². The Kier molecular flexibility index (Phi) is 8.36. The van der Waals surface area contributed by atoms with Crippen LogP contribution in [0.2, 0.25) is 0 Å². The molecular weight excluding hydrogens is 240 g/mol. The minimum absolute atomic E-state index is 0.274. The smallest absolute Gasteiger partial charge is 0.279 e. The third-order valence-corrected chi connectivity index (χ3v) is 3.72. The normalized spacial score (nSPS) is 12.3. The Morgan fingerprint density at radius 2 is 1.87 bits per heavy atom. The molecule has 0 aromatic carbocycles. The number of ether oxygens (including phenoxy) is 1. The highest BCUT2D eigenvalue weighted by Crippen LogP contribution is 1.95. The quantitative estimate of drug-likeness (QED) is 0.482. The summed E-state index contributed by atoms with van der Waals surface area (Å²) in [7, 11) is -3.34. The summed E-state index contributed by atoms with van der Waals surface area (Å²) in [6.45, 7) is 5.58. The molecule has 0 rings (SSSR count). The van der Waals surface area contributed by atoms with Crippen LogP contribution in [-0.4, -0.2) is 51.5 Å². The largest absolute Gasteiger partial charge is 0.379 e. The van der Waals surface area contributed by atoms with E-state index in [1.54, 1.807) is 13.8 Å². The fourth-order valence-electron chi connectivity index (χ4n) is 1.05. The van der Waals surface area contributed by atoms with Gasteiger partial charge in [0.1, 0.15) is 0 Å². The summed E-state index contributed by atoms with van der Waals surface area (Å²) in [6, 6.07) is 0. The zero-order chi connectivity index (χ0) is 11.7. The lowest BCUT2D eigenvalue weighted by Crippen LogP contribution is -2.41. The first-order chi connectivity index (χ1) is 7.08. The van der Waals surface area contributed by atoms with Crippen molar-refractivity contribution in [3.05, 3.63) is 0 Å². The average Bonchev–Trinajstić information content (AvgIpc) is 2.18. The van der Waals surface area contributed by atoms with Gasteiger partial charge in [-0.3, -0.25) is 0 Å².